The van der Waals surface area contributed by atoms with Crippen LogP contribution in [0.4, 0.5) is 13.2 Å². The fourth-order valence-electron chi connectivity index (χ4n) is 1.69. The van der Waals surface area contributed by atoms with Gasteiger partial charge in [-0.1, -0.05) is 30.3 Å². The van der Waals surface area contributed by atoms with E-state index in [1.807, 2.05) is 18.2 Å². The van der Waals surface area contributed by atoms with E-state index in [9.17, 15) is 13.2 Å². The summed E-state index contributed by atoms with van der Waals surface area (Å²) in [6, 6.07) is 15.4. The quantitative estimate of drug-likeness (QED) is 0.657. The molecular formula is C15H12ClF3O. The predicted octanol–water partition coefficient (Wildman–Crippen LogP) is 5.71. The number of hydrogen-bond donors (Lipinski definition) is 0. The third-order valence-electron chi connectivity index (χ3n) is 2.63. The molecule has 0 bridgehead atoms. The highest BCUT2D eigenvalue weighted by molar-refractivity contribution is 6.20. The highest BCUT2D eigenvalue weighted by atomic mass is 35.5. The van der Waals surface area contributed by atoms with Crippen LogP contribution in [0.2, 0.25) is 0 Å². The normalized spacial score (nSPS) is 13.0. The lowest BCUT2D eigenvalue weighted by atomic mass is 10.1. The Morgan fingerprint density at radius 1 is 0.900 bits per heavy atom. The first-order valence-electron chi connectivity index (χ1n) is 5.98. The van der Waals surface area contributed by atoms with Crippen LogP contribution < -0.4 is 4.74 Å². The molecule has 0 aliphatic carbocycles. The summed E-state index contributed by atoms with van der Waals surface area (Å²) in [6.07, 6.45) is -5.32. The number of para-hydroxylation sites is 1. The second-order valence-corrected chi connectivity index (χ2v) is 4.80. The topological polar surface area (TPSA) is 9.23 Å². The smallest absolute Gasteiger partial charge is 0.390 e. The summed E-state index contributed by atoms with van der Waals surface area (Å²) in [4.78, 5) is 0. The lowest BCUT2D eigenvalue weighted by molar-refractivity contribution is -0.134. The molecule has 0 saturated carbocycles. The van der Waals surface area contributed by atoms with E-state index in [0.717, 1.165) is 0 Å². The summed E-state index contributed by atoms with van der Waals surface area (Å²) in [5.74, 6) is 1.22. The van der Waals surface area contributed by atoms with Crippen LogP contribution >= 0.6 is 11.6 Å². The maximum Gasteiger partial charge on any atom is 0.390 e. The molecule has 0 fully saturated rings. The maximum absolute atomic E-state index is 12.2. The van der Waals surface area contributed by atoms with E-state index in [1.54, 1.807) is 36.4 Å². The Morgan fingerprint density at radius 2 is 1.45 bits per heavy atom. The summed E-state index contributed by atoms with van der Waals surface area (Å²) in [5, 5.41) is -1.08. The number of ether oxygens (including phenoxy) is 1. The van der Waals surface area contributed by atoms with Crippen LogP contribution in [-0.2, 0) is 0 Å². The Kier molecular flexibility index (Phi) is 4.55. The molecule has 0 saturated heterocycles. The molecule has 2 rings (SSSR count). The number of halogens is 4. The second kappa shape index (κ2) is 6.18. The number of alkyl halides is 4. The van der Waals surface area contributed by atoms with Gasteiger partial charge in [-0.25, -0.2) is 0 Å². The second-order valence-electron chi connectivity index (χ2n) is 4.27. The molecule has 2 aromatic carbocycles. The van der Waals surface area contributed by atoms with Crippen LogP contribution in [0.5, 0.6) is 11.5 Å². The zero-order chi connectivity index (χ0) is 14.6. The molecule has 20 heavy (non-hydrogen) atoms. The van der Waals surface area contributed by atoms with E-state index in [4.69, 9.17) is 16.3 Å². The zero-order valence-electron chi connectivity index (χ0n) is 10.4. The third-order valence-corrected chi connectivity index (χ3v) is 3.04. The molecule has 2 aromatic rings. The number of benzene rings is 2. The van der Waals surface area contributed by atoms with Gasteiger partial charge < -0.3 is 4.74 Å². The Morgan fingerprint density at radius 3 is 2.00 bits per heavy atom. The molecule has 0 N–H and O–H groups in total. The van der Waals surface area contributed by atoms with E-state index in [1.165, 1.54) is 0 Å². The fraction of sp³-hybridized carbons (Fsp3) is 0.200. The van der Waals surface area contributed by atoms with Gasteiger partial charge in [0.15, 0.2) is 0 Å². The van der Waals surface area contributed by atoms with Crippen molar-refractivity contribution in [2.75, 3.05) is 0 Å². The van der Waals surface area contributed by atoms with E-state index in [0.29, 0.717) is 17.1 Å². The van der Waals surface area contributed by atoms with Gasteiger partial charge in [-0.2, -0.15) is 13.2 Å². The minimum absolute atomic E-state index is 0.421. The molecule has 0 aliphatic heterocycles. The van der Waals surface area contributed by atoms with Crippen LogP contribution in [0.15, 0.2) is 54.6 Å². The molecule has 5 heteroatoms. The summed E-state index contributed by atoms with van der Waals surface area (Å²) >= 11 is 5.74. The largest absolute Gasteiger partial charge is 0.457 e. The molecule has 0 heterocycles. The average Bonchev–Trinajstić information content (AvgIpc) is 2.39. The zero-order valence-corrected chi connectivity index (χ0v) is 11.2. The Labute approximate surface area is 119 Å². The van der Waals surface area contributed by atoms with Crippen molar-refractivity contribution in [2.45, 2.75) is 18.0 Å². The minimum Gasteiger partial charge on any atom is -0.457 e. The van der Waals surface area contributed by atoms with E-state index in [2.05, 4.69) is 0 Å². The van der Waals surface area contributed by atoms with Crippen LogP contribution in [0.3, 0.4) is 0 Å². The van der Waals surface area contributed by atoms with Crippen molar-refractivity contribution >= 4 is 11.6 Å². The third kappa shape index (κ3) is 4.46. The summed E-state index contributed by atoms with van der Waals surface area (Å²) in [5.41, 5.74) is 0.421. The average molecular weight is 301 g/mol. The van der Waals surface area contributed by atoms with E-state index in [-0.39, 0.29) is 0 Å². The highest BCUT2D eigenvalue weighted by Crippen LogP contribution is 2.34. The van der Waals surface area contributed by atoms with E-state index >= 15 is 0 Å². The van der Waals surface area contributed by atoms with Gasteiger partial charge in [0, 0.05) is 0 Å². The molecule has 106 valence electrons. The van der Waals surface area contributed by atoms with Crippen molar-refractivity contribution in [2.24, 2.45) is 0 Å². The first-order chi connectivity index (χ1) is 9.44. The van der Waals surface area contributed by atoms with Crippen molar-refractivity contribution < 1.29 is 17.9 Å². The van der Waals surface area contributed by atoms with Crippen molar-refractivity contribution in [3.05, 3.63) is 60.2 Å². The summed E-state index contributed by atoms with van der Waals surface area (Å²) in [7, 11) is 0. The van der Waals surface area contributed by atoms with Gasteiger partial charge in [0.2, 0.25) is 0 Å². The molecule has 0 amide bonds. The number of hydrogen-bond acceptors (Lipinski definition) is 1. The molecule has 0 aliphatic rings. The lowest BCUT2D eigenvalue weighted by Gasteiger charge is -2.13. The minimum atomic E-state index is -4.27. The maximum atomic E-state index is 12.2. The molecule has 0 spiro atoms. The van der Waals surface area contributed by atoms with Crippen LogP contribution in [0.25, 0.3) is 0 Å². The first kappa shape index (κ1) is 14.7. The Balaban J connectivity index is 2.03. The fourth-order valence-corrected chi connectivity index (χ4v) is 2.01. The first-order valence-corrected chi connectivity index (χ1v) is 6.41. The molecule has 1 atom stereocenters. The molecule has 1 nitrogen and oxygen atoms in total. The van der Waals surface area contributed by atoms with Gasteiger partial charge in [-0.05, 0) is 29.8 Å². The van der Waals surface area contributed by atoms with Gasteiger partial charge in [-0.15, -0.1) is 11.6 Å². The van der Waals surface area contributed by atoms with Crippen LogP contribution in [-0.4, -0.2) is 6.18 Å². The monoisotopic (exact) mass is 300 g/mol. The molecular weight excluding hydrogens is 289 g/mol. The van der Waals surface area contributed by atoms with Crippen LogP contribution in [0.1, 0.15) is 17.4 Å². The van der Waals surface area contributed by atoms with Gasteiger partial charge in [0.05, 0.1) is 11.8 Å². The Hall–Kier alpha value is -1.68. The number of rotatable bonds is 4. The van der Waals surface area contributed by atoms with Gasteiger partial charge in [0.25, 0.3) is 0 Å². The van der Waals surface area contributed by atoms with Crippen molar-refractivity contribution in [1.82, 2.24) is 0 Å². The molecule has 0 radical (unpaired) electrons. The van der Waals surface area contributed by atoms with Crippen molar-refractivity contribution in [3.63, 3.8) is 0 Å². The highest BCUT2D eigenvalue weighted by Gasteiger charge is 2.31. The summed E-state index contributed by atoms with van der Waals surface area (Å²) in [6.45, 7) is 0. The van der Waals surface area contributed by atoms with Crippen molar-refractivity contribution in [1.29, 1.82) is 0 Å². The van der Waals surface area contributed by atoms with Gasteiger partial charge in [-0.3, -0.25) is 0 Å². The lowest BCUT2D eigenvalue weighted by Crippen LogP contribution is -2.10. The van der Waals surface area contributed by atoms with Crippen LogP contribution in [0, 0.1) is 0 Å². The standard InChI is InChI=1S/C15H12ClF3O/c16-14(10-15(17,18)19)11-6-8-13(9-7-11)20-12-4-2-1-3-5-12/h1-9,14H,10H2. The SMILES string of the molecule is FC(F)(F)CC(Cl)c1ccc(Oc2ccccc2)cc1. The van der Waals surface area contributed by atoms with Crippen molar-refractivity contribution in [3.8, 4) is 11.5 Å². The molecule has 1 unspecified atom stereocenters. The van der Waals surface area contributed by atoms with E-state index < -0.39 is 18.0 Å². The molecule has 0 aromatic heterocycles. The van der Waals surface area contributed by atoms with Gasteiger partial charge in [0.1, 0.15) is 11.5 Å². The predicted molar refractivity (Wildman–Crippen MR) is 72.2 cm³/mol. The Bertz CT molecular complexity index is 537. The van der Waals surface area contributed by atoms with Gasteiger partial charge >= 0.3 is 6.18 Å². The summed E-state index contributed by atoms with van der Waals surface area (Å²) < 4.78 is 42.3.